The molecular formula is C44H26N4S. The molecule has 228 valence electrons. The highest BCUT2D eigenvalue weighted by atomic mass is 32.1. The first-order valence-corrected chi connectivity index (χ1v) is 17.3. The highest BCUT2D eigenvalue weighted by Crippen LogP contribution is 2.44. The highest BCUT2D eigenvalue weighted by Gasteiger charge is 2.23. The molecule has 4 aromatic heterocycles. The Morgan fingerprint density at radius 1 is 0.429 bits per heavy atom. The third-order valence-corrected chi connectivity index (χ3v) is 11.1. The van der Waals surface area contributed by atoms with Crippen molar-refractivity contribution in [1.29, 1.82) is 0 Å². The van der Waals surface area contributed by atoms with Crippen LogP contribution in [0.2, 0.25) is 0 Å². The largest absolute Gasteiger partial charge is 0.309 e. The van der Waals surface area contributed by atoms with Gasteiger partial charge in [0.05, 0.1) is 38.0 Å². The first kappa shape index (κ1) is 26.7. The van der Waals surface area contributed by atoms with Crippen LogP contribution in [0.15, 0.2) is 158 Å². The third kappa shape index (κ3) is 3.73. The van der Waals surface area contributed by atoms with Crippen molar-refractivity contribution >= 4 is 86.0 Å². The summed E-state index contributed by atoms with van der Waals surface area (Å²) in [7, 11) is 0. The summed E-state index contributed by atoms with van der Waals surface area (Å²) in [6.45, 7) is 0. The van der Waals surface area contributed by atoms with Crippen molar-refractivity contribution in [2.75, 3.05) is 0 Å². The fourth-order valence-electron chi connectivity index (χ4n) is 7.88. The molecule has 0 amide bonds. The molecule has 0 bridgehead atoms. The number of hydrogen-bond acceptors (Lipinski definition) is 3. The lowest BCUT2D eigenvalue weighted by molar-refractivity contribution is 1.02. The van der Waals surface area contributed by atoms with E-state index in [-0.39, 0.29) is 0 Å². The van der Waals surface area contributed by atoms with E-state index in [0.29, 0.717) is 5.95 Å². The summed E-state index contributed by atoms with van der Waals surface area (Å²) in [5.41, 5.74) is 8.73. The summed E-state index contributed by atoms with van der Waals surface area (Å²) in [4.78, 5) is 10.9. The van der Waals surface area contributed by atoms with Crippen molar-refractivity contribution in [3.63, 3.8) is 0 Å². The Bertz CT molecular complexity index is 3100. The monoisotopic (exact) mass is 642 g/mol. The van der Waals surface area contributed by atoms with Crippen LogP contribution in [0.5, 0.6) is 0 Å². The van der Waals surface area contributed by atoms with Gasteiger partial charge in [0.2, 0.25) is 5.95 Å². The molecule has 11 rings (SSSR count). The number of para-hydroxylation sites is 3. The smallest absolute Gasteiger partial charge is 0.235 e. The van der Waals surface area contributed by atoms with Crippen LogP contribution in [-0.2, 0) is 0 Å². The molecule has 0 aliphatic heterocycles. The lowest BCUT2D eigenvalue weighted by Crippen LogP contribution is -2.02. The molecule has 0 N–H and O–H groups in total. The van der Waals surface area contributed by atoms with Gasteiger partial charge < -0.3 is 4.57 Å². The van der Waals surface area contributed by atoms with Crippen molar-refractivity contribution in [2.45, 2.75) is 0 Å². The van der Waals surface area contributed by atoms with E-state index >= 15 is 0 Å². The molecule has 7 aromatic carbocycles. The van der Waals surface area contributed by atoms with Crippen LogP contribution in [0, 0.1) is 0 Å². The number of rotatable bonds is 3. The summed E-state index contributed by atoms with van der Waals surface area (Å²) in [6, 6.07) is 56.2. The minimum Gasteiger partial charge on any atom is -0.309 e. The molecule has 5 heteroatoms. The summed E-state index contributed by atoms with van der Waals surface area (Å²) >= 11 is 1.78. The fourth-order valence-corrected chi connectivity index (χ4v) is 9.05. The predicted octanol–water partition coefficient (Wildman–Crippen LogP) is 11.9. The number of aromatic nitrogens is 4. The van der Waals surface area contributed by atoms with Crippen LogP contribution < -0.4 is 0 Å². The molecular weight excluding hydrogens is 617 g/mol. The van der Waals surface area contributed by atoms with Crippen LogP contribution in [0.25, 0.3) is 97.6 Å². The first-order valence-electron chi connectivity index (χ1n) is 16.5. The maximum atomic E-state index is 5.49. The lowest BCUT2D eigenvalue weighted by atomic mass is 10.1. The molecule has 0 atom stereocenters. The molecule has 4 heterocycles. The van der Waals surface area contributed by atoms with E-state index in [1.807, 2.05) is 0 Å². The van der Waals surface area contributed by atoms with Crippen LogP contribution >= 0.6 is 11.3 Å². The Kier molecular flexibility index (Phi) is 5.51. The standard InChI is InChI=1S/C44H26N4S/c1-3-14-28(15-4-1)41-43-42(40-30-18-8-7-13-27(30)23-26-37(40)49-43)46-44(45-41)48-34-22-12-10-20-32(34)39-36(48)25-24-35-38(39)31-19-9-11-21-33(31)47(35)29-16-5-2-6-17-29/h1-26H. The van der Waals surface area contributed by atoms with Gasteiger partial charge in [-0.3, -0.25) is 4.57 Å². The van der Waals surface area contributed by atoms with E-state index in [0.717, 1.165) is 38.2 Å². The molecule has 0 saturated carbocycles. The van der Waals surface area contributed by atoms with Crippen molar-refractivity contribution in [2.24, 2.45) is 0 Å². The van der Waals surface area contributed by atoms with E-state index in [2.05, 4.69) is 167 Å². The minimum absolute atomic E-state index is 0.677. The van der Waals surface area contributed by atoms with Gasteiger partial charge in [-0.2, -0.15) is 0 Å². The maximum Gasteiger partial charge on any atom is 0.235 e. The average Bonchev–Trinajstić information content (AvgIpc) is 3.83. The van der Waals surface area contributed by atoms with Crippen LogP contribution in [-0.4, -0.2) is 19.1 Å². The van der Waals surface area contributed by atoms with Gasteiger partial charge in [0.1, 0.15) is 0 Å². The van der Waals surface area contributed by atoms with Gasteiger partial charge in [0.15, 0.2) is 0 Å². The second-order valence-corrected chi connectivity index (χ2v) is 13.6. The Morgan fingerprint density at radius 3 is 1.76 bits per heavy atom. The zero-order chi connectivity index (χ0) is 32.1. The Hall–Kier alpha value is -6.30. The summed E-state index contributed by atoms with van der Waals surface area (Å²) in [5, 5.41) is 8.48. The summed E-state index contributed by atoms with van der Waals surface area (Å²) in [5.74, 6) is 0.677. The van der Waals surface area contributed by atoms with Crippen molar-refractivity contribution in [1.82, 2.24) is 19.1 Å². The molecule has 0 fully saturated rings. The lowest BCUT2D eigenvalue weighted by Gasteiger charge is -2.11. The SMILES string of the molecule is c1ccc(-c2nc(-n3c4ccccc4c4c5c6ccccc6n(-c6ccccc6)c5ccc43)nc3c2sc2ccc4ccccc4c23)cc1. The fraction of sp³-hybridized carbons (Fsp3) is 0. The van der Waals surface area contributed by atoms with E-state index in [9.17, 15) is 0 Å². The van der Waals surface area contributed by atoms with Crippen molar-refractivity contribution < 1.29 is 0 Å². The van der Waals surface area contributed by atoms with Gasteiger partial charge in [0.25, 0.3) is 0 Å². The van der Waals surface area contributed by atoms with Crippen molar-refractivity contribution in [3.8, 4) is 22.9 Å². The number of hydrogen-bond donors (Lipinski definition) is 0. The van der Waals surface area contributed by atoms with Gasteiger partial charge in [-0.1, -0.05) is 115 Å². The minimum atomic E-state index is 0.677. The van der Waals surface area contributed by atoms with Gasteiger partial charge in [-0.05, 0) is 53.2 Å². The molecule has 49 heavy (non-hydrogen) atoms. The normalized spacial score (nSPS) is 12.1. The van der Waals surface area contributed by atoms with Gasteiger partial charge >= 0.3 is 0 Å². The topological polar surface area (TPSA) is 35.6 Å². The zero-order valence-corrected chi connectivity index (χ0v) is 27.0. The third-order valence-electron chi connectivity index (χ3n) is 9.93. The number of fused-ring (bicyclic) bond motifs is 12. The predicted molar refractivity (Wildman–Crippen MR) is 207 cm³/mol. The molecule has 0 radical (unpaired) electrons. The molecule has 0 aliphatic rings. The molecule has 4 nitrogen and oxygen atoms in total. The van der Waals surface area contributed by atoms with Crippen molar-refractivity contribution in [3.05, 3.63) is 158 Å². The molecule has 0 saturated heterocycles. The zero-order valence-electron chi connectivity index (χ0n) is 26.2. The molecule has 11 aromatic rings. The highest BCUT2D eigenvalue weighted by molar-refractivity contribution is 7.26. The van der Waals surface area contributed by atoms with E-state index < -0.39 is 0 Å². The van der Waals surface area contributed by atoms with Crippen LogP contribution in [0.1, 0.15) is 0 Å². The number of thiophene rings is 1. The van der Waals surface area contributed by atoms with Crippen LogP contribution in [0.3, 0.4) is 0 Å². The molecule has 0 aliphatic carbocycles. The van der Waals surface area contributed by atoms with Gasteiger partial charge in [-0.15, -0.1) is 11.3 Å². The summed E-state index contributed by atoms with van der Waals surface area (Å²) < 4.78 is 6.99. The van der Waals surface area contributed by atoms with Crippen LogP contribution in [0.4, 0.5) is 0 Å². The second kappa shape index (κ2) is 10.1. The quantitative estimate of drug-likeness (QED) is 0.192. The maximum absolute atomic E-state index is 5.49. The van der Waals surface area contributed by atoms with E-state index in [4.69, 9.17) is 9.97 Å². The Balaban J connectivity index is 1.31. The number of nitrogens with zero attached hydrogens (tertiary/aromatic N) is 4. The Morgan fingerprint density at radius 2 is 1.02 bits per heavy atom. The average molecular weight is 643 g/mol. The molecule has 0 unspecified atom stereocenters. The second-order valence-electron chi connectivity index (χ2n) is 12.6. The first-order chi connectivity index (χ1) is 24.3. The summed E-state index contributed by atoms with van der Waals surface area (Å²) in [6.07, 6.45) is 0. The van der Waals surface area contributed by atoms with E-state index in [1.165, 1.54) is 53.4 Å². The van der Waals surface area contributed by atoms with Gasteiger partial charge in [0, 0.05) is 42.9 Å². The van der Waals surface area contributed by atoms with Gasteiger partial charge in [-0.25, -0.2) is 9.97 Å². The number of benzene rings is 7. The van der Waals surface area contributed by atoms with E-state index in [1.54, 1.807) is 11.3 Å². The molecule has 0 spiro atoms. The Labute approximate surface area is 284 Å².